The van der Waals surface area contributed by atoms with Gasteiger partial charge in [-0.1, -0.05) is 0 Å². The van der Waals surface area contributed by atoms with E-state index in [1.165, 1.54) is 0 Å². The number of hydrogen-bond donors (Lipinski definition) is 2. The van der Waals surface area contributed by atoms with Crippen molar-refractivity contribution in [3.05, 3.63) is 23.8 Å². The summed E-state index contributed by atoms with van der Waals surface area (Å²) >= 11 is 0. The van der Waals surface area contributed by atoms with Crippen molar-refractivity contribution in [3.8, 4) is 17.7 Å². The van der Waals surface area contributed by atoms with Crippen molar-refractivity contribution in [2.45, 2.75) is 6.42 Å². The minimum atomic E-state index is 0.0554. The Hall–Kier alpha value is -2.15. The second kappa shape index (κ2) is 3.54. The van der Waals surface area contributed by atoms with E-state index < -0.39 is 0 Å². The van der Waals surface area contributed by atoms with Gasteiger partial charge in [0.15, 0.2) is 5.88 Å². The number of hydrogen-bond acceptors (Lipinski definition) is 3. The lowest BCUT2D eigenvalue weighted by Crippen LogP contribution is -1.82. The molecule has 0 radical (unpaired) electrons. The summed E-state index contributed by atoms with van der Waals surface area (Å²) < 4.78 is 5.06. The van der Waals surface area contributed by atoms with Crippen molar-refractivity contribution >= 4 is 10.9 Å². The van der Waals surface area contributed by atoms with Gasteiger partial charge >= 0.3 is 0 Å². The number of nitriles is 1. The zero-order valence-electron chi connectivity index (χ0n) is 8.24. The van der Waals surface area contributed by atoms with Gasteiger partial charge in [-0.15, -0.1) is 0 Å². The minimum Gasteiger partial charge on any atom is -0.497 e. The predicted octanol–water partition coefficient (Wildman–Crippen LogP) is 1.95. The molecular weight excluding hydrogens is 192 g/mol. The van der Waals surface area contributed by atoms with Crippen LogP contribution in [0.5, 0.6) is 11.6 Å². The monoisotopic (exact) mass is 202 g/mol. The van der Waals surface area contributed by atoms with Gasteiger partial charge in [-0.05, 0) is 12.1 Å². The molecule has 1 aromatic heterocycles. The molecule has 0 saturated heterocycles. The van der Waals surface area contributed by atoms with Crippen LogP contribution in [0.25, 0.3) is 10.9 Å². The first-order valence-corrected chi connectivity index (χ1v) is 4.50. The fourth-order valence-electron chi connectivity index (χ4n) is 1.61. The fraction of sp³-hybridized carbons (Fsp3) is 0.182. The summed E-state index contributed by atoms with van der Waals surface area (Å²) in [4.78, 5) is 2.81. The Labute approximate surface area is 86.7 Å². The van der Waals surface area contributed by atoms with Crippen LogP contribution in [0.4, 0.5) is 0 Å². The van der Waals surface area contributed by atoms with E-state index in [9.17, 15) is 5.11 Å². The summed E-state index contributed by atoms with van der Waals surface area (Å²) in [5, 5.41) is 19.1. The second-order valence-corrected chi connectivity index (χ2v) is 3.20. The molecule has 0 unspecified atom stereocenters. The maximum Gasteiger partial charge on any atom is 0.193 e. The molecule has 2 aromatic rings. The molecule has 1 heterocycles. The Morgan fingerprint density at radius 3 is 3.00 bits per heavy atom. The number of aromatic amines is 1. The number of ether oxygens (including phenoxy) is 1. The number of benzene rings is 1. The minimum absolute atomic E-state index is 0.0554. The molecule has 2 rings (SSSR count). The van der Waals surface area contributed by atoms with Crippen molar-refractivity contribution in [3.63, 3.8) is 0 Å². The Bertz CT molecular complexity index is 537. The lowest BCUT2D eigenvalue weighted by atomic mass is 10.1. The molecule has 4 heteroatoms. The first-order valence-electron chi connectivity index (χ1n) is 4.50. The standard InChI is InChI=1S/C11H10N2O2/c1-15-7-2-3-8-9(4-5-12)11(14)13-10(8)6-7/h2-3,6,13-14H,4H2,1H3. The van der Waals surface area contributed by atoms with Crippen molar-refractivity contribution in [2.24, 2.45) is 0 Å². The summed E-state index contributed by atoms with van der Waals surface area (Å²) in [6, 6.07) is 7.44. The molecule has 0 aliphatic heterocycles. The van der Waals surface area contributed by atoms with Crippen molar-refractivity contribution in [1.82, 2.24) is 4.98 Å². The molecule has 0 fully saturated rings. The maximum absolute atomic E-state index is 9.58. The molecule has 76 valence electrons. The molecule has 0 amide bonds. The van der Waals surface area contributed by atoms with Gasteiger partial charge in [-0.25, -0.2) is 0 Å². The average molecular weight is 202 g/mol. The average Bonchev–Trinajstić information content (AvgIpc) is 2.55. The third kappa shape index (κ3) is 1.48. The summed E-state index contributed by atoms with van der Waals surface area (Å²) in [7, 11) is 1.58. The number of rotatable bonds is 2. The van der Waals surface area contributed by atoms with Crippen LogP contribution in [0.2, 0.25) is 0 Å². The largest absolute Gasteiger partial charge is 0.497 e. The third-order valence-corrected chi connectivity index (χ3v) is 2.35. The summed E-state index contributed by atoms with van der Waals surface area (Å²) in [5.41, 5.74) is 1.41. The smallest absolute Gasteiger partial charge is 0.193 e. The van der Waals surface area contributed by atoms with Crippen LogP contribution in [0.3, 0.4) is 0 Å². The first-order chi connectivity index (χ1) is 7.26. The third-order valence-electron chi connectivity index (χ3n) is 2.35. The highest BCUT2D eigenvalue weighted by molar-refractivity contribution is 5.87. The van der Waals surface area contributed by atoms with Gasteiger partial charge in [0.1, 0.15) is 5.75 Å². The van der Waals surface area contributed by atoms with E-state index in [1.54, 1.807) is 19.2 Å². The van der Waals surface area contributed by atoms with Crippen molar-refractivity contribution in [1.29, 1.82) is 5.26 Å². The Morgan fingerprint density at radius 1 is 1.53 bits per heavy atom. The zero-order chi connectivity index (χ0) is 10.8. The van der Waals surface area contributed by atoms with Crippen LogP contribution in [-0.2, 0) is 6.42 Å². The van der Waals surface area contributed by atoms with Gasteiger partial charge in [0.25, 0.3) is 0 Å². The van der Waals surface area contributed by atoms with Crippen LogP contribution in [0.15, 0.2) is 18.2 Å². The Morgan fingerprint density at radius 2 is 2.33 bits per heavy atom. The summed E-state index contributed by atoms with van der Waals surface area (Å²) in [6.45, 7) is 0. The Balaban J connectivity index is 2.64. The zero-order valence-corrected chi connectivity index (χ0v) is 8.24. The highest BCUT2D eigenvalue weighted by atomic mass is 16.5. The number of fused-ring (bicyclic) bond motifs is 1. The van der Waals surface area contributed by atoms with E-state index in [2.05, 4.69) is 4.98 Å². The lowest BCUT2D eigenvalue weighted by Gasteiger charge is -1.98. The van der Waals surface area contributed by atoms with Crippen LogP contribution < -0.4 is 4.74 Å². The summed E-state index contributed by atoms with van der Waals surface area (Å²) in [6.07, 6.45) is 0.193. The van der Waals surface area contributed by atoms with E-state index in [0.29, 0.717) is 11.3 Å². The van der Waals surface area contributed by atoms with Gasteiger partial charge in [0.2, 0.25) is 0 Å². The van der Waals surface area contributed by atoms with E-state index in [-0.39, 0.29) is 12.3 Å². The van der Waals surface area contributed by atoms with Gasteiger partial charge in [0, 0.05) is 17.0 Å². The molecule has 15 heavy (non-hydrogen) atoms. The van der Waals surface area contributed by atoms with E-state index >= 15 is 0 Å². The molecular formula is C11H10N2O2. The molecule has 2 N–H and O–H groups in total. The lowest BCUT2D eigenvalue weighted by molar-refractivity contribution is 0.415. The van der Waals surface area contributed by atoms with Crippen LogP contribution in [0, 0.1) is 11.3 Å². The number of nitrogens with one attached hydrogen (secondary N) is 1. The highest BCUT2D eigenvalue weighted by Crippen LogP contribution is 2.29. The number of aromatic hydroxyl groups is 1. The Kier molecular flexibility index (Phi) is 2.22. The van der Waals surface area contributed by atoms with Crippen LogP contribution in [0.1, 0.15) is 5.56 Å². The molecule has 0 spiro atoms. The highest BCUT2D eigenvalue weighted by Gasteiger charge is 2.10. The van der Waals surface area contributed by atoms with Crippen molar-refractivity contribution in [2.75, 3.05) is 7.11 Å². The van der Waals surface area contributed by atoms with E-state index in [4.69, 9.17) is 10.00 Å². The first kappa shape index (κ1) is 9.41. The van der Waals surface area contributed by atoms with Crippen LogP contribution >= 0.6 is 0 Å². The predicted molar refractivity (Wildman–Crippen MR) is 55.8 cm³/mol. The molecule has 0 aliphatic rings. The van der Waals surface area contributed by atoms with Crippen LogP contribution in [-0.4, -0.2) is 17.2 Å². The second-order valence-electron chi connectivity index (χ2n) is 3.20. The van der Waals surface area contributed by atoms with Gasteiger partial charge < -0.3 is 14.8 Å². The number of aromatic nitrogens is 1. The van der Waals surface area contributed by atoms with E-state index in [0.717, 1.165) is 10.9 Å². The van der Waals surface area contributed by atoms with Crippen molar-refractivity contribution < 1.29 is 9.84 Å². The summed E-state index contributed by atoms with van der Waals surface area (Å²) in [5.74, 6) is 0.770. The number of nitrogens with zero attached hydrogens (tertiary/aromatic N) is 1. The fourth-order valence-corrected chi connectivity index (χ4v) is 1.61. The molecule has 1 aromatic carbocycles. The van der Waals surface area contributed by atoms with Gasteiger partial charge in [0.05, 0.1) is 25.1 Å². The topological polar surface area (TPSA) is 69.0 Å². The maximum atomic E-state index is 9.58. The normalized spacial score (nSPS) is 10.1. The molecule has 0 bridgehead atoms. The molecule has 0 aliphatic carbocycles. The van der Waals surface area contributed by atoms with E-state index in [1.807, 2.05) is 12.1 Å². The molecule has 0 saturated carbocycles. The van der Waals surface area contributed by atoms with Gasteiger partial charge in [-0.3, -0.25) is 0 Å². The van der Waals surface area contributed by atoms with Gasteiger partial charge in [-0.2, -0.15) is 5.26 Å². The SMILES string of the molecule is COc1ccc2c(CC#N)c(O)[nH]c2c1. The molecule has 0 atom stereocenters. The number of methoxy groups -OCH3 is 1. The quantitative estimate of drug-likeness (QED) is 0.781. The number of H-pyrrole nitrogens is 1. The molecule has 4 nitrogen and oxygen atoms in total.